The molecule has 0 fully saturated rings. The summed E-state index contributed by atoms with van der Waals surface area (Å²) >= 11 is 0. The molecular weight excluding hydrogens is 1160 g/mol. The second-order valence-corrected chi connectivity index (χ2v) is 30.6. The molecular formula is C82H159NO8P+. The molecule has 0 aliphatic rings. The number of phosphoric acid groups is 1. The topological polar surface area (TPSA) is 108 Å². The molecule has 1 N–H and O–H groups in total. The molecule has 0 bridgehead atoms. The molecule has 0 aliphatic carbocycles. The van der Waals surface area contributed by atoms with E-state index in [0.717, 1.165) is 44.9 Å². The van der Waals surface area contributed by atoms with Gasteiger partial charge in [0.05, 0.1) is 27.7 Å². The van der Waals surface area contributed by atoms with E-state index < -0.39 is 26.5 Å². The lowest BCUT2D eigenvalue weighted by Crippen LogP contribution is -2.37. The van der Waals surface area contributed by atoms with Crippen LogP contribution in [-0.2, 0) is 32.7 Å². The van der Waals surface area contributed by atoms with Crippen molar-refractivity contribution in [1.29, 1.82) is 0 Å². The lowest BCUT2D eigenvalue weighted by molar-refractivity contribution is -0.870. The number of esters is 2. The van der Waals surface area contributed by atoms with Gasteiger partial charge in [0.2, 0.25) is 0 Å². The Balaban J connectivity index is 3.90. The predicted molar refractivity (Wildman–Crippen MR) is 400 cm³/mol. The fraction of sp³-hybridized carbons (Fsp3) is 0.902. The molecule has 0 spiro atoms. The number of hydrogen-bond donors (Lipinski definition) is 1. The Bertz CT molecular complexity index is 1640. The molecule has 10 heteroatoms. The van der Waals surface area contributed by atoms with Gasteiger partial charge in [-0.3, -0.25) is 18.6 Å². The van der Waals surface area contributed by atoms with E-state index in [1.807, 2.05) is 21.1 Å². The Kier molecular flexibility index (Phi) is 72.1. The van der Waals surface area contributed by atoms with Crippen molar-refractivity contribution in [2.24, 2.45) is 0 Å². The molecule has 0 amide bonds. The monoisotopic (exact) mass is 1320 g/mol. The maximum atomic E-state index is 12.9. The van der Waals surface area contributed by atoms with Gasteiger partial charge in [0.25, 0.3) is 0 Å². The molecule has 2 unspecified atom stereocenters. The minimum atomic E-state index is -4.39. The first kappa shape index (κ1) is 90.2. The first-order valence-corrected chi connectivity index (χ1v) is 42.2. The fourth-order valence-corrected chi connectivity index (χ4v) is 13.2. The number of carbonyl (C=O) groups is 2. The summed E-state index contributed by atoms with van der Waals surface area (Å²) in [5.41, 5.74) is 0. The number of ether oxygens (including phenoxy) is 2. The Labute approximate surface area is 573 Å². The molecule has 0 aromatic carbocycles. The SMILES string of the molecule is CCCCCCC/C=C\C/C=C\C/C=C\CCCCCCCCCCCCCCCCCCC(=O)OC(COC(=O)CCCCCCCCCCCCCCCCCCCCCCCCCCCCCCCCCCCCCCC)COP(=O)(O)OCC[N+](C)(C)C. The number of phosphoric ester groups is 1. The molecule has 0 radical (unpaired) electrons. The zero-order valence-electron chi connectivity index (χ0n) is 62.3. The quantitative estimate of drug-likeness (QED) is 0.0211. The van der Waals surface area contributed by atoms with Crippen LogP contribution < -0.4 is 0 Å². The summed E-state index contributed by atoms with van der Waals surface area (Å²) in [6.07, 6.45) is 95.9. The van der Waals surface area contributed by atoms with Gasteiger partial charge in [0, 0.05) is 12.8 Å². The molecule has 0 aliphatic heterocycles. The second-order valence-electron chi connectivity index (χ2n) is 29.2. The molecule has 9 nitrogen and oxygen atoms in total. The minimum absolute atomic E-state index is 0.0346. The van der Waals surface area contributed by atoms with Gasteiger partial charge >= 0.3 is 19.8 Å². The van der Waals surface area contributed by atoms with Gasteiger partial charge in [-0.1, -0.05) is 397 Å². The third-order valence-electron chi connectivity index (χ3n) is 18.7. The first-order chi connectivity index (χ1) is 45.0. The fourth-order valence-electron chi connectivity index (χ4n) is 12.4. The van der Waals surface area contributed by atoms with Crippen LogP contribution in [0.1, 0.15) is 425 Å². The number of likely N-dealkylation sites (N-methyl/N-ethyl adjacent to an activating group) is 1. The Morgan fingerprint density at radius 2 is 0.587 bits per heavy atom. The van der Waals surface area contributed by atoms with Crippen molar-refractivity contribution in [3.8, 4) is 0 Å². The number of carbonyl (C=O) groups excluding carboxylic acids is 2. The van der Waals surface area contributed by atoms with Gasteiger partial charge in [-0.05, 0) is 51.4 Å². The van der Waals surface area contributed by atoms with Gasteiger partial charge in [0.15, 0.2) is 6.10 Å². The highest BCUT2D eigenvalue weighted by Crippen LogP contribution is 2.43. The smallest absolute Gasteiger partial charge is 0.462 e. The van der Waals surface area contributed by atoms with E-state index in [0.29, 0.717) is 23.9 Å². The first-order valence-electron chi connectivity index (χ1n) is 40.7. The number of nitrogens with zero attached hydrogens (tertiary/aromatic N) is 1. The third-order valence-corrected chi connectivity index (χ3v) is 19.7. The molecule has 0 rings (SSSR count). The third kappa shape index (κ3) is 77.2. The van der Waals surface area contributed by atoms with Gasteiger partial charge < -0.3 is 18.9 Å². The Morgan fingerprint density at radius 3 is 0.870 bits per heavy atom. The Hall–Kier alpha value is -1.77. The summed E-state index contributed by atoms with van der Waals surface area (Å²) in [5, 5.41) is 0. The molecule has 544 valence electrons. The van der Waals surface area contributed by atoms with Gasteiger partial charge in [-0.15, -0.1) is 0 Å². The summed E-state index contributed by atoms with van der Waals surface area (Å²) in [6.45, 7) is 4.51. The van der Waals surface area contributed by atoms with E-state index in [2.05, 4.69) is 50.3 Å². The highest BCUT2D eigenvalue weighted by atomic mass is 31.2. The van der Waals surface area contributed by atoms with E-state index in [1.165, 1.54) is 347 Å². The maximum absolute atomic E-state index is 12.9. The van der Waals surface area contributed by atoms with E-state index in [1.54, 1.807) is 0 Å². The Morgan fingerprint density at radius 1 is 0.337 bits per heavy atom. The van der Waals surface area contributed by atoms with Crippen LogP contribution in [0.5, 0.6) is 0 Å². The zero-order chi connectivity index (χ0) is 66.9. The van der Waals surface area contributed by atoms with Crippen LogP contribution in [0.25, 0.3) is 0 Å². The van der Waals surface area contributed by atoms with Crippen LogP contribution in [0, 0.1) is 0 Å². The van der Waals surface area contributed by atoms with Gasteiger partial charge in [-0.25, -0.2) is 4.57 Å². The summed E-state index contributed by atoms with van der Waals surface area (Å²) in [6, 6.07) is 0. The van der Waals surface area contributed by atoms with Crippen molar-refractivity contribution in [1.82, 2.24) is 0 Å². The van der Waals surface area contributed by atoms with Crippen LogP contribution in [0.2, 0.25) is 0 Å². The van der Waals surface area contributed by atoms with Crippen LogP contribution in [0.3, 0.4) is 0 Å². The molecule has 0 saturated carbocycles. The number of rotatable bonds is 77. The highest BCUT2D eigenvalue weighted by molar-refractivity contribution is 7.47. The summed E-state index contributed by atoms with van der Waals surface area (Å²) in [4.78, 5) is 36.0. The van der Waals surface area contributed by atoms with Gasteiger partial charge in [0.1, 0.15) is 19.8 Å². The number of unbranched alkanes of at least 4 members (excludes halogenated alkanes) is 57. The molecule has 92 heavy (non-hydrogen) atoms. The van der Waals surface area contributed by atoms with E-state index in [4.69, 9.17) is 18.5 Å². The largest absolute Gasteiger partial charge is 0.472 e. The van der Waals surface area contributed by atoms with E-state index >= 15 is 0 Å². The summed E-state index contributed by atoms with van der Waals surface area (Å²) < 4.78 is 34.8. The van der Waals surface area contributed by atoms with Crippen LogP contribution in [0.4, 0.5) is 0 Å². The summed E-state index contributed by atoms with van der Waals surface area (Å²) in [5.74, 6) is -0.773. The predicted octanol–water partition coefficient (Wildman–Crippen LogP) is 27.0. The van der Waals surface area contributed by atoms with Crippen molar-refractivity contribution >= 4 is 19.8 Å². The normalized spacial score (nSPS) is 13.2. The van der Waals surface area contributed by atoms with Crippen LogP contribution >= 0.6 is 7.82 Å². The zero-order valence-corrected chi connectivity index (χ0v) is 63.2. The maximum Gasteiger partial charge on any atom is 0.472 e. The second kappa shape index (κ2) is 73.5. The lowest BCUT2D eigenvalue weighted by Gasteiger charge is -2.24. The molecule has 0 aromatic heterocycles. The van der Waals surface area contributed by atoms with Crippen molar-refractivity contribution < 1.29 is 42.1 Å². The van der Waals surface area contributed by atoms with Crippen molar-refractivity contribution in [3.63, 3.8) is 0 Å². The van der Waals surface area contributed by atoms with Crippen LogP contribution in [0.15, 0.2) is 36.5 Å². The van der Waals surface area contributed by atoms with E-state index in [-0.39, 0.29) is 25.6 Å². The van der Waals surface area contributed by atoms with Crippen LogP contribution in [-0.4, -0.2) is 74.9 Å². The molecule has 2 atom stereocenters. The average Bonchev–Trinajstić information content (AvgIpc) is 2.14. The van der Waals surface area contributed by atoms with E-state index in [9.17, 15) is 19.0 Å². The lowest BCUT2D eigenvalue weighted by atomic mass is 10.0. The highest BCUT2D eigenvalue weighted by Gasteiger charge is 2.27. The van der Waals surface area contributed by atoms with Crippen molar-refractivity contribution in [2.75, 3.05) is 47.5 Å². The standard InChI is InChI=1S/C82H158NO8P/c1-6-8-10-12-14-16-18-20-22-24-26-28-30-32-34-36-38-39-40-41-42-43-45-46-48-50-52-54-56-58-60-62-64-66-68-70-72-74-81(84)88-78-80(79-90-92(86,87)89-77-76-83(3,4)5)91-82(85)75-73-71-69-67-65-63-61-59-57-55-53-51-49-47-44-37-35-33-31-29-27-25-23-21-19-17-15-13-11-9-7-2/h19,21,25,27,31,33,80H,6-18,20,22-24,26,28-30,32,34-79H2,1-5H3/p+1/b21-19-,27-25-,33-31-. The average molecular weight is 1320 g/mol. The minimum Gasteiger partial charge on any atom is -0.462 e. The van der Waals surface area contributed by atoms with Gasteiger partial charge in [-0.2, -0.15) is 0 Å². The number of quaternary nitrogens is 1. The molecule has 0 heterocycles. The number of allylic oxidation sites excluding steroid dienone is 6. The molecule has 0 saturated heterocycles. The van der Waals surface area contributed by atoms with Crippen molar-refractivity contribution in [2.45, 2.75) is 431 Å². The molecule has 0 aromatic rings. The number of hydrogen-bond acceptors (Lipinski definition) is 7. The van der Waals surface area contributed by atoms with Crippen molar-refractivity contribution in [3.05, 3.63) is 36.5 Å². The summed E-state index contributed by atoms with van der Waals surface area (Å²) in [7, 11) is 1.50.